The molecule has 0 spiro atoms. The highest BCUT2D eigenvalue weighted by atomic mass is 79.9. The maximum absolute atomic E-state index is 11.6. The number of carbonyl (C=O) groups excluding carboxylic acids is 1. The first-order valence-corrected chi connectivity index (χ1v) is 7.64. The van der Waals surface area contributed by atoms with Crippen LogP contribution in [0.2, 0.25) is 0 Å². The largest absolute Gasteiger partial charge is 0.497 e. The Bertz CT molecular complexity index is 426. The zero-order valence-corrected chi connectivity index (χ0v) is 14.0. The van der Waals surface area contributed by atoms with Gasteiger partial charge in [0, 0.05) is 17.8 Å². The zero-order chi connectivity index (χ0) is 15.2. The second-order valence-electron chi connectivity index (χ2n) is 5.51. The minimum Gasteiger partial charge on any atom is -0.497 e. The highest BCUT2D eigenvalue weighted by Crippen LogP contribution is 2.21. The van der Waals surface area contributed by atoms with Crippen LogP contribution in [0.25, 0.3) is 0 Å². The fraction of sp³-hybridized carbons (Fsp3) is 0.533. The molecule has 112 valence electrons. The normalized spacial score (nSPS) is 12.7. The summed E-state index contributed by atoms with van der Waals surface area (Å²) in [7, 11) is 1.64. The number of hydrogen-bond acceptors (Lipinski definition) is 3. The van der Waals surface area contributed by atoms with Crippen LogP contribution in [-0.2, 0) is 4.74 Å². The molecule has 1 amide bonds. The maximum Gasteiger partial charge on any atom is 0.407 e. The number of ether oxygens (including phenoxy) is 2. The lowest BCUT2D eigenvalue weighted by molar-refractivity contribution is 0.0525. The molecule has 1 unspecified atom stereocenters. The molecule has 0 fully saturated rings. The third kappa shape index (κ3) is 5.82. The first-order chi connectivity index (χ1) is 9.35. The highest BCUT2D eigenvalue weighted by Gasteiger charge is 2.17. The number of nitrogens with one attached hydrogen (secondary N) is 1. The third-order valence-electron chi connectivity index (χ3n) is 2.67. The van der Waals surface area contributed by atoms with Gasteiger partial charge in [0.05, 0.1) is 7.11 Å². The number of methoxy groups -OCH3 is 1. The summed E-state index contributed by atoms with van der Waals surface area (Å²) in [4.78, 5) is 11.6. The van der Waals surface area contributed by atoms with Gasteiger partial charge in [0.15, 0.2) is 0 Å². The third-order valence-corrected chi connectivity index (χ3v) is 3.45. The van der Waals surface area contributed by atoms with Crippen LogP contribution < -0.4 is 10.1 Å². The van der Waals surface area contributed by atoms with Crippen molar-refractivity contribution in [2.45, 2.75) is 32.3 Å². The zero-order valence-electron chi connectivity index (χ0n) is 12.4. The molecule has 1 aromatic rings. The van der Waals surface area contributed by atoms with Gasteiger partial charge in [0.1, 0.15) is 11.4 Å². The van der Waals surface area contributed by atoms with Crippen molar-refractivity contribution in [1.29, 1.82) is 0 Å². The van der Waals surface area contributed by atoms with Crippen molar-refractivity contribution >= 4 is 22.0 Å². The summed E-state index contributed by atoms with van der Waals surface area (Å²) in [5, 5.41) is 3.55. The minimum absolute atomic E-state index is 0.188. The highest BCUT2D eigenvalue weighted by molar-refractivity contribution is 9.09. The molecule has 0 heterocycles. The van der Waals surface area contributed by atoms with Crippen molar-refractivity contribution in [1.82, 2.24) is 5.32 Å². The van der Waals surface area contributed by atoms with Crippen LogP contribution in [-0.4, -0.2) is 30.7 Å². The Morgan fingerprint density at radius 3 is 2.35 bits per heavy atom. The lowest BCUT2D eigenvalue weighted by atomic mass is 10.0. The molecular formula is C15H22BrNO3. The van der Waals surface area contributed by atoms with E-state index in [1.54, 1.807) is 7.11 Å². The van der Waals surface area contributed by atoms with E-state index in [1.165, 1.54) is 0 Å². The Hall–Kier alpha value is -1.23. The second kappa shape index (κ2) is 7.53. The van der Waals surface area contributed by atoms with Crippen molar-refractivity contribution in [2.75, 3.05) is 19.0 Å². The number of alkyl carbamates (subject to hydrolysis) is 1. The quantitative estimate of drug-likeness (QED) is 0.829. The molecule has 4 nitrogen and oxygen atoms in total. The molecule has 5 heteroatoms. The molecular weight excluding hydrogens is 322 g/mol. The Balaban J connectivity index is 2.56. The van der Waals surface area contributed by atoms with Gasteiger partial charge in [-0.1, -0.05) is 28.1 Å². The Morgan fingerprint density at radius 1 is 1.30 bits per heavy atom. The molecule has 0 radical (unpaired) electrons. The molecule has 0 saturated carbocycles. The Labute approximate surface area is 129 Å². The van der Waals surface area contributed by atoms with E-state index in [9.17, 15) is 4.79 Å². The molecule has 1 N–H and O–H groups in total. The lowest BCUT2D eigenvalue weighted by Gasteiger charge is -2.21. The summed E-state index contributed by atoms with van der Waals surface area (Å²) < 4.78 is 10.4. The average Bonchev–Trinajstić information content (AvgIpc) is 2.38. The van der Waals surface area contributed by atoms with E-state index in [-0.39, 0.29) is 5.92 Å². The van der Waals surface area contributed by atoms with Gasteiger partial charge in [0.2, 0.25) is 0 Å². The van der Waals surface area contributed by atoms with Crippen molar-refractivity contribution in [3.05, 3.63) is 29.8 Å². The molecule has 20 heavy (non-hydrogen) atoms. The SMILES string of the molecule is COc1ccc(C(CBr)CNC(=O)OC(C)(C)C)cc1. The predicted octanol–water partition coefficient (Wildman–Crippen LogP) is 3.70. The van der Waals surface area contributed by atoms with Gasteiger partial charge in [-0.15, -0.1) is 0 Å². The van der Waals surface area contributed by atoms with Gasteiger partial charge in [-0.3, -0.25) is 0 Å². The molecule has 0 aliphatic carbocycles. The van der Waals surface area contributed by atoms with E-state index in [2.05, 4.69) is 21.2 Å². The summed E-state index contributed by atoms with van der Waals surface area (Å²) >= 11 is 3.48. The number of amides is 1. The van der Waals surface area contributed by atoms with E-state index in [0.29, 0.717) is 6.54 Å². The average molecular weight is 344 g/mol. The summed E-state index contributed by atoms with van der Waals surface area (Å²) in [6, 6.07) is 7.83. The van der Waals surface area contributed by atoms with Gasteiger partial charge < -0.3 is 14.8 Å². The monoisotopic (exact) mass is 343 g/mol. The van der Waals surface area contributed by atoms with Crippen LogP contribution in [0.5, 0.6) is 5.75 Å². The van der Waals surface area contributed by atoms with Gasteiger partial charge >= 0.3 is 6.09 Å². The fourth-order valence-corrected chi connectivity index (χ4v) is 2.26. The molecule has 0 aromatic heterocycles. The summed E-state index contributed by atoms with van der Waals surface area (Å²) in [6.45, 7) is 6.06. The molecule has 0 aliphatic rings. The standard InChI is InChI=1S/C15H22BrNO3/c1-15(2,3)20-14(18)17-10-12(9-16)11-5-7-13(19-4)8-6-11/h5-8,12H,9-10H2,1-4H3,(H,17,18). The number of alkyl halides is 1. The van der Waals surface area contributed by atoms with Crippen LogP contribution in [0, 0.1) is 0 Å². The topological polar surface area (TPSA) is 47.6 Å². The van der Waals surface area contributed by atoms with Gasteiger partial charge in [0.25, 0.3) is 0 Å². The van der Waals surface area contributed by atoms with Gasteiger partial charge in [-0.05, 0) is 38.5 Å². The molecule has 0 aliphatic heterocycles. The molecule has 1 aromatic carbocycles. The molecule has 1 rings (SSSR count). The lowest BCUT2D eigenvalue weighted by Crippen LogP contribution is -2.35. The first-order valence-electron chi connectivity index (χ1n) is 6.52. The van der Waals surface area contributed by atoms with E-state index in [4.69, 9.17) is 9.47 Å². The molecule has 0 bridgehead atoms. The van der Waals surface area contributed by atoms with Crippen LogP contribution in [0.4, 0.5) is 4.79 Å². The van der Waals surface area contributed by atoms with Gasteiger partial charge in [-0.25, -0.2) is 4.79 Å². The van der Waals surface area contributed by atoms with E-state index >= 15 is 0 Å². The molecule has 0 saturated heterocycles. The van der Waals surface area contributed by atoms with Gasteiger partial charge in [-0.2, -0.15) is 0 Å². The van der Waals surface area contributed by atoms with Crippen LogP contribution >= 0.6 is 15.9 Å². The van der Waals surface area contributed by atoms with Crippen molar-refractivity contribution in [2.24, 2.45) is 0 Å². The van der Waals surface area contributed by atoms with Crippen LogP contribution in [0.15, 0.2) is 24.3 Å². The van der Waals surface area contributed by atoms with E-state index in [1.807, 2.05) is 45.0 Å². The number of benzene rings is 1. The minimum atomic E-state index is -0.478. The van der Waals surface area contributed by atoms with Crippen LogP contribution in [0.3, 0.4) is 0 Å². The maximum atomic E-state index is 11.6. The van der Waals surface area contributed by atoms with E-state index < -0.39 is 11.7 Å². The second-order valence-corrected chi connectivity index (χ2v) is 6.15. The first kappa shape index (κ1) is 16.8. The Morgan fingerprint density at radius 2 is 1.90 bits per heavy atom. The number of halogens is 1. The molecule has 1 atom stereocenters. The Kier molecular flexibility index (Phi) is 6.33. The number of carbonyl (C=O) groups is 1. The smallest absolute Gasteiger partial charge is 0.407 e. The summed E-state index contributed by atoms with van der Waals surface area (Å²) in [6.07, 6.45) is -0.392. The van der Waals surface area contributed by atoms with Crippen LogP contribution in [0.1, 0.15) is 32.3 Å². The van der Waals surface area contributed by atoms with Crippen molar-refractivity contribution < 1.29 is 14.3 Å². The number of hydrogen-bond donors (Lipinski definition) is 1. The predicted molar refractivity (Wildman–Crippen MR) is 83.8 cm³/mol. The van der Waals surface area contributed by atoms with Crippen molar-refractivity contribution in [3.8, 4) is 5.75 Å². The number of rotatable bonds is 5. The van der Waals surface area contributed by atoms with E-state index in [0.717, 1.165) is 16.6 Å². The van der Waals surface area contributed by atoms with Crippen molar-refractivity contribution in [3.63, 3.8) is 0 Å². The summed E-state index contributed by atoms with van der Waals surface area (Å²) in [5.41, 5.74) is 0.660. The summed E-state index contributed by atoms with van der Waals surface area (Å²) in [5.74, 6) is 1.01. The fourth-order valence-electron chi connectivity index (χ4n) is 1.66.